The van der Waals surface area contributed by atoms with Crippen LogP contribution in [-0.4, -0.2) is 122 Å². The van der Waals surface area contributed by atoms with Crippen LogP contribution in [0.5, 0.6) is 0 Å². The molecule has 1 aromatic rings. The third-order valence-electron chi connectivity index (χ3n) is 9.02. The van der Waals surface area contributed by atoms with Gasteiger partial charge in [-0.3, -0.25) is 36.8 Å². The molecule has 0 atom stereocenters. The molecule has 0 radical (unpaired) electrons. The summed E-state index contributed by atoms with van der Waals surface area (Å²) in [5.41, 5.74) is 4.26. The molecule has 0 amide bonds. The lowest BCUT2D eigenvalue weighted by molar-refractivity contribution is 0.301. The van der Waals surface area contributed by atoms with Gasteiger partial charge in [0.05, 0.1) is 21.7 Å². The van der Waals surface area contributed by atoms with E-state index in [9.17, 15) is 0 Å². The summed E-state index contributed by atoms with van der Waals surface area (Å²) in [6.45, 7) is 10.7. The first-order chi connectivity index (χ1) is 19.8. The average Bonchev–Trinajstić information content (AvgIpc) is 3.53. The van der Waals surface area contributed by atoms with Crippen molar-refractivity contribution in [2.45, 2.75) is 39.0 Å². The Morgan fingerprint density at radius 3 is 1.19 bits per heavy atom. The minimum atomic E-state index is -0.205. The van der Waals surface area contributed by atoms with Crippen molar-refractivity contribution in [2.24, 2.45) is 11.8 Å². The van der Waals surface area contributed by atoms with Gasteiger partial charge >= 0.3 is 0 Å². The number of hydrogen-bond acceptors (Lipinski definition) is 4. The Morgan fingerprint density at radius 2 is 0.905 bits per heavy atom. The Hall–Kier alpha value is -1.58. The van der Waals surface area contributed by atoms with Crippen molar-refractivity contribution in [3.8, 4) is 0 Å². The highest BCUT2D eigenvalue weighted by Crippen LogP contribution is 2.44. The second-order valence-corrected chi connectivity index (χ2v) is 18.5. The zero-order valence-corrected chi connectivity index (χ0v) is 30.1. The van der Waals surface area contributed by atoms with E-state index in [1.165, 1.54) is 26.9 Å². The summed E-state index contributed by atoms with van der Waals surface area (Å²) in [5.74, 6) is 0.854. The van der Waals surface area contributed by atoms with Gasteiger partial charge in [0.1, 0.15) is 0 Å². The topological polar surface area (TPSA) is 25.9 Å². The van der Waals surface area contributed by atoms with Crippen LogP contribution in [0.15, 0.2) is 18.2 Å². The predicted octanol–water partition coefficient (Wildman–Crippen LogP) is 3.83. The Balaban J connectivity index is 1.15. The van der Waals surface area contributed by atoms with E-state index in [-0.39, 0.29) is 27.1 Å². The molecule has 0 aliphatic carbocycles. The molecular weight excluding hydrogens is 641 g/mol. The molecular formula is C28H38N8S6. The fraction of sp³-hybridized carbons (Fsp3) is 0.571. The Labute approximate surface area is 276 Å². The molecule has 0 spiro atoms. The van der Waals surface area contributed by atoms with Gasteiger partial charge in [-0.25, -0.2) is 0 Å². The zero-order valence-electron chi connectivity index (χ0n) is 25.2. The van der Waals surface area contributed by atoms with E-state index in [2.05, 4.69) is 104 Å². The van der Waals surface area contributed by atoms with Gasteiger partial charge in [-0.2, -0.15) is 0 Å². The molecule has 8 nitrogen and oxygen atoms in total. The van der Waals surface area contributed by atoms with E-state index < -0.39 is 0 Å². The zero-order chi connectivity index (χ0) is 30.0. The van der Waals surface area contributed by atoms with Gasteiger partial charge in [-0.1, -0.05) is 39.0 Å². The van der Waals surface area contributed by atoms with Crippen molar-refractivity contribution in [2.75, 3.05) is 54.4 Å². The van der Waals surface area contributed by atoms with Gasteiger partial charge in [0.15, 0.2) is 30.7 Å². The molecule has 2 fully saturated rings. The van der Waals surface area contributed by atoms with Crippen LogP contribution >= 0.6 is 70.6 Å². The molecule has 6 heterocycles. The summed E-state index contributed by atoms with van der Waals surface area (Å²) < 4.78 is 8.84. The lowest BCUT2D eigenvalue weighted by Gasteiger charge is -2.40. The van der Waals surface area contributed by atoms with Crippen LogP contribution in [0.1, 0.15) is 37.5 Å². The Kier molecular flexibility index (Phi) is 6.91. The van der Waals surface area contributed by atoms with Gasteiger partial charge in [0, 0.05) is 54.4 Å². The Morgan fingerprint density at radius 1 is 0.595 bits per heavy atom. The fourth-order valence-corrected chi connectivity index (χ4v) is 12.8. The Bertz CT molecular complexity index is 1360. The first kappa shape index (κ1) is 29.1. The highest BCUT2D eigenvalue weighted by molar-refractivity contribution is 8.15. The van der Waals surface area contributed by atoms with E-state index in [0.29, 0.717) is 11.8 Å². The van der Waals surface area contributed by atoms with Crippen molar-refractivity contribution in [3.63, 3.8) is 0 Å². The molecule has 6 aliphatic rings. The number of benzene rings is 1. The van der Waals surface area contributed by atoms with Crippen LogP contribution in [0.25, 0.3) is 0 Å². The largest absolute Gasteiger partial charge is 0.296 e. The summed E-state index contributed by atoms with van der Waals surface area (Å²) in [5, 5.41) is 6.18. The molecule has 0 aromatic heterocycles. The average molecular weight is 679 g/mol. The molecule has 0 saturated carbocycles. The highest BCUT2D eigenvalue weighted by atomic mass is 32.2. The first-order valence-electron chi connectivity index (χ1n) is 14.3. The van der Waals surface area contributed by atoms with Crippen LogP contribution in [0.3, 0.4) is 0 Å². The maximum absolute atomic E-state index is 5.89. The standard InChI is InChI=1S/C28H38N8S6/c1-28(2,3)21-11-17(9-19-13-33-22(37)29(4)41-26(33)34(14-19)23(38)30(41)5)8-18(12-21)10-20-15-35-24(39)31(6)42-27(35)36(16-20)25(40)32(42)7/h8,11-12,19-20H,9-10,13-16H2,1-7H3. The van der Waals surface area contributed by atoms with Gasteiger partial charge in [-0.15, -0.1) is 0 Å². The third kappa shape index (κ3) is 4.26. The molecule has 42 heavy (non-hydrogen) atoms. The molecule has 2 saturated heterocycles. The summed E-state index contributed by atoms with van der Waals surface area (Å²) in [4.78, 5) is 9.36. The molecule has 0 unspecified atom stereocenters. The van der Waals surface area contributed by atoms with Gasteiger partial charge < -0.3 is 0 Å². The van der Waals surface area contributed by atoms with E-state index in [1.807, 2.05) is 0 Å². The molecule has 0 bridgehead atoms. The first-order valence-corrected chi connectivity index (χ1v) is 18.2. The summed E-state index contributed by atoms with van der Waals surface area (Å²) in [7, 11) is 7.98. The van der Waals surface area contributed by atoms with E-state index in [1.54, 1.807) is 0 Å². The molecule has 0 N–H and O–H groups in total. The summed E-state index contributed by atoms with van der Waals surface area (Å²) in [6, 6.07) is 7.32. The highest BCUT2D eigenvalue weighted by Gasteiger charge is 2.50. The SMILES string of the molecule is CN1C(=S)N2CC(Cc3cc(CC4CN5C(=S)N(C)S6=C5N(C4)C(=S)N6C)cc(C(C)(C)C)c3)CN3C(=S)N(C)S1=C23. The fourth-order valence-electron chi connectivity index (χ4n) is 6.98. The summed E-state index contributed by atoms with van der Waals surface area (Å²) in [6.07, 6.45) is 1.99. The maximum Gasteiger partial charge on any atom is 0.188 e. The lowest BCUT2D eigenvalue weighted by Crippen LogP contribution is -2.56. The van der Waals surface area contributed by atoms with Crippen LogP contribution in [0.4, 0.5) is 0 Å². The molecule has 6 aliphatic heterocycles. The maximum atomic E-state index is 5.89. The monoisotopic (exact) mass is 678 g/mol. The lowest BCUT2D eigenvalue weighted by atomic mass is 9.82. The quantitative estimate of drug-likeness (QED) is 0.434. The second-order valence-electron chi connectivity index (χ2n) is 13.1. The van der Waals surface area contributed by atoms with Crippen LogP contribution < -0.4 is 0 Å². The smallest absolute Gasteiger partial charge is 0.188 e. The third-order valence-corrected chi connectivity index (χ3v) is 15.8. The van der Waals surface area contributed by atoms with E-state index in [0.717, 1.165) is 59.5 Å². The molecule has 1 aromatic carbocycles. The van der Waals surface area contributed by atoms with Gasteiger partial charge in [0.25, 0.3) is 0 Å². The van der Waals surface area contributed by atoms with Crippen LogP contribution in [0.2, 0.25) is 0 Å². The normalized spacial score (nSPS) is 23.7. The van der Waals surface area contributed by atoms with Crippen molar-refractivity contribution in [3.05, 3.63) is 34.9 Å². The minimum absolute atomic E-state index is 0.0609. The molecule has 14 heteroatoms. The van der Waals surface area contributed by atoms with Crippen molar-refractivity contribution in [1.82, 2.24) is 36.8 Å². The number of thiocarbonyl (C=S) groups is 4. The van der Waals surface area contributed by atoms with Crippen LogP contribution in [0, 0.1) is 11.8 Å². The number of rotatable bonds is 4. The minimum Gasteiger partial charge on any atom is -0.296 e. The van der Waals surface area contributed by atoms with Crippen molar-refractivity contribution >= 4 is 101 Å². The molecule has 226 valence electrons. The van der Waals surface area contributed by atoms with Crippen molar-refractivity contribution in [1.29, 1.82) is 0 Å². The predicted molar refractivity (Wildman–Crippen MR) is 193 cm³/mol. The summed E-state index contributed by atoms with van der Waals surface area (Å²) >= 11 is 23.6. The van der Waals surface area contributed by atoms with Gasteiger partial charge in [0.2, 0.25) is 0 Å². The number of hydrogen-bond donors (Lipinski definition) is 0. The molecule has 7 rings (SSSR count). The van der Waals surface area contributed by atoms with Gasteiger partial charge in [-0.05, 0) is 95.7 Å². The van der Waals surface area contributed by atoms with E-state index in [4.69, 9.17) is 48.9 Å². The van der Waals surface area contributed by atoms with Crippen LogP contribution in [-0.2, 0) is 18.3 Å². The van der Waals surface area contributed by atoms with Crippen molar-refractivity contribution < 1.29 is 0 Å². The second kappa shape index (κ2) is 9.96. The number of nitrogens with zero attached hydrogens (tertiary/aromatic N) is 8. The van der Waals surface area contributed by atoms with E-state index >= 15 is 0 Å².